The van der Waals surface area contributed by atoms with Gasteiger partial charge in [0, 0.05) is 12.6 Å². The predicted octanol–water partition coefficient (Wildman–Crippen LogP) is 1.08. The minimum atomic E-state index is 0.822. The Bertz CT molecular complexity index is 121. The molecule has 0 aliphatic heterocycles. The van der Waals surface area contributed by atoms with Gasteiger partial charge in [-0.25, -0.2) is 0 Å². The molecule has 0 aromatic heterocycles. The second-order valence-corrected chi connectivity index (χ2v) is 2.50. The van der Waals surface area contributed by atoms with Crippen LogP contribution < -0.4 is 11.1 Å². The summed E-state index contributed by atoms with van der Waals surface area (Å²) in [6.07, 6.45) is 4.86. The maximum atomic E-state index is 5.35. The fraction of sp³-hybridized carbons (Fsp3) is 0.778. The van der Waals surface area contributed by atoms with Gasteiger partial charge in [-0.15, -0.1) is 0 Å². The predicted molar refractivity (Wildman–Crippen MR) is 49.0 cm³/mol. The molecule has 0 radical (unpaired) electrons. The molecule has 0 bridgehead atoms. The van der Waals surface area contributed by atoms with Crippen LogP contribution in [0.2, 0.25) is 0 Å². The van der Waals surface area contributed by atoms with Crippen molar-refractivity contribution in [1.29, 1.82) is 0 Å². The molecular weight excluding hydrogens is 136 g/mol. The molecule has 0 aromatic carbocycles. The molecule has 0 atom stereocenters. The third-order valence-corrected chi connectivity index (χ3v) is 1.47. The van der Waals surface area contributed by atoms with Gasteiger partial charge in [0.05, 0.1) is 0 Å². The Labute approximate surface area is 69.5 Å². The van der Waals surface area contributed by atoms with Crippen LogP contribution in [-0.2, 0) is 0 Å². The van der Waals surface area contributed by atoms with E-state index in [1.165, 1.54) is 19.3 Å². The van der Waals surface area contributed by atoms with Gasteiger partial charge in [-0.3, -0.25) is 0 Å². The van der Waals surface area contributed by atoms with Crippen molar-refractivity contribution in [2.45, 2.75) is 32.6 Å². The number of nitrogens with two attached hydrogens (primary N) is 1. The van der Waals surface area contributed by atoms with Crippen LogP contribution >= 0.6 is 0 Å². The zero-order chi connectivity index (χ0) is 8.36. The van der Waals surface area contributed by atoms with Crippen molar-refractivity contribution >= 4 is 0 Å². The van der Waals surface area contributed by atoms with E-state index in [-0.39, 0.29) is 0 Å². The van der Waals surface area contributed by atoms with Gasteiger partial charge in [0.1, 0.15) is 0 Å². The first-order chi connectivity index (χ1) is 5.41. The molecule has 2 nitrogen and oxygen atoms in total. The maximum Gasteiger partial charge on any atom is 0.0229 e. The maximum absolute atomic E-state index is 5.35. The van der Waals surface area contributed by atoms with Crippen LogP contribution in [0.25, 0.3) is 0 Å². The lowest BCUT2D eigenvalue weighted by Gasteiger charge is -1.98. The Hall–Kier alpha value is -0.680. The molecule has 0 heterocycles. The molecular formula is C9H18N2. The van der Waals surface area contributed by atoms with Gasteiger partial charge in [-0.2, -0.15) is 0 Å². The highest BCUT2D eigenvalue weighted by atomic mass is 14.8. The fourth-order valence-corrected chi connectivity index (χ4v) is 0.862. The average molecular weight is 154 g/mol. The highest BCUT2D eigenvalue weighted by Gasteiger charge is 1.86. The van der Waals surface area contributed by atoms with E-state index < -0.39 is 0 Å². The molecule has 64 valence electrons. The quantitative estimate of drug-likeness (QED) is 0.341. The zero-order valence-electron chi connectivity index (χ0n) is 7.32. The SMILES string of the molecule is CC#CNCCCCCCN. The van der Waals surface area contributed by atoms with Crippen molar-refractivity contribution in [3.63, 3.8) is 0 Å². The summed E-state index contributed by atoms with van der Waals surface area (Å²) in [5, 5.41) is 3.02. The number of unbranched alkanes of at least 4 members (excludes halogenated alkanes) is 3. The lowest BCUT2D eigenvalue weighted by Crippen LogP contribution is -2.07. The van der Waals surface area contributed by atoms with E-state index in [2.05, 4.69) is 17.3 Å². The summed E-state index contributed by atoms with van der Waals surface area (Å²) in [5.74, 6) is 2.79. The van der Waals surface area contributed by atoms with Gasteiger partial charge in [0.15, 0.2) is 0 Å². The van der Waals surface area contributed by atoms with E-state index in [9.17, 15) is 0 Å². The third-order valence-electron chi connectivity index (χ3n) is 1.47. The summed E-state index contributed by atoms with van der Waals surface area (Å²) < 4.78 is 0. The molecule has 0 saturated heterocycles. The summed E-state index contributed by atoms with van der Waals surface area (Å²) in [5.41, 5.74) is 5.35. The number of nitrogens with one attached hydrogen (secondary N) is 1. The lowest BCUT2D eigenvalue weighted by molar-refractivity contribution is 0.634. The normalized spacial score (nSPS) is 8.55. The first-order valence-corrected chi connectivity index (χ1v) is 4.26. The zero-order valence-corrected chi connectivity index (χ0v) is 7.32. The van der Waals surface area contributed by atoms with Crippen LogP contribution in [0.15, 0.2) is 0 Å². The topological polar surface area (TPSA) is 38.0 Å². The van der Waals surface area contributed by atoms with Crippen molar-refractivity contribution in [1.82, 2.24) is 5.32 Å². The van der Waals surface area contributed by atoms with Gasteiger partial charge >= 0.3 is 0 Å². The van der Waals surface area contributed by atoms with Crippen molar-refractivity contribution in [3.05, 3.63) is 0 Å². The average Bonchev–Trinajstić information content (AvgIpc) is 2.03. The Morgan fingerprint density at radius 3 is 2.55 bits per heavy atom. The van der Waals surface area contributed by atoms with Crippen LogP contribution in [0.3, 0.4) is 0 Å². The molecule has 0 saturated carbocycles. The van der Waals surface area contributed by atoms with Crippen LogP contribution in [-0.4, -0.2) is 13.1 Å². The molecule has 0 spiro atoms. The molecule has 0 aliphatic carbocycles. The van der Waals surface area contributed by atoms with Crippen molar-refractivity contribution in [3.8, 4) is 12.0 Å². The van der Waals surface area contributed by atoms with E-state index >= 15 is 0 Å². The van der Waals surface area contributed by atoms with E-state index in [4.69, 9.17) is 5.73 Å². The molecule has 11 heavy (non-hydrogen) atoms. The highest BCUT2D eigenvalue weighted by molar-refractivity contribution is 4.91. The molecule has 0 rings (SSSR count). The summed E-state index contributed by atoms with van der Waals surface area (Å²) in [7, 11) is 0. The van der Waals surface area contributed by atoms with Crippen molar-refractivity contribution < 1.29 is 0 Å². The molecule has 2 heteroatoms. The van der Waals surface area contributed by atoms with E-state index in [0.717, 1.165) is 19.5 Å². The highest BCUT2D eigenvalue weighted by Crippen LogP contribution is 1.96. The Morgan fingerprint density at radius 1 is 1.18 bits per heavy atom. The monoisotopic (exact) mass is 154 g/mol. The largest absolute Gasteiger partial charge is 0.346 e. The number of rotatable bonds is 6. The van der Waals surface area contributed by atoms with E-state index in [1.807, 2.05) is 6.92 Å². The van der Waals surface area contributed by atoms with Crippen LogP contribution in [0.5, 0.6) is 0 Å². The molecule has 0 aliphatic rings. The smallest absolute Gasteiger partial charge is 0.0229 e. The van der Waals surface area contributed by atoms with E-state index in [0.29, 0.717) is 0 Å². The summed E-state index contributed by atoms with van der Waals surface area (Å²) in [6, 6.07) is 2.81. The number of hydrogen-bond acceptors (Lipinski definition) is 2. The minimum absolute atomic E-state index is 0.822. The Kier molecular flexibility index (Phi) is 8.74. The first kappa shape index (κ1) is 10.3. The summed E-state index contributed by atoms with van der Waals surface area (Å²) >= 11 is 0. The minimum Gasteiger partial charge on any atom is -0.346 e. The molecule has 0 fully saturated rings. The van der Waals surface area contributed by atoms with Crippen LogP contribution in [0, 0.1) is 12.0 Å². The van der Waals surface area contributed by atoms with Crippen molar-refractivity contribution in [2.75, 3.05) is 13.1 Å². The number of hydrogen-bond donors (Lipinski definition) is 2. The summed E-state index contributed by atoms with van der Waals surface area (Å²) in [6.45, 7) is 3.66. The third kappa shape index (κ3) is 9.32. The van der Waals surface area contributed by atoms with Crippen LogP contribution in [0.4, 0.5) is 0 Å². The summed E-state index contributed by atoms with van der Waals surface area (Å²) in [4.78, 5) is 0. The first-order valence-electron chi connectivity index (χ1n) is 4.26. The van der Waals surface area contributed by atoms with Gasteiger partial charge in [-0.05, 0) is 26.3 Å². The standard InChI is InChI=1S/C9H18N2/c1-2-8-11-9-6-4-3-5-7-10/h11H,3-7,9-10H2,1H3. The van der Waals surface area contributed by atoms with Crippen molar-refractivity contribution in [2.24, 2.45) is 5.73 Å². The van der Waals surface area contributed by atoms with Crippen LogP contribution in [0.1, 0.15) is 32.6 Å². The van der Waals surface area contributed by atoms with Gasteiger partial charge in [0.2, 0.25) is 0 Å². The Balaban J connectivity index is 2.83. The molecule has 0 amide bonds. The second kappa shape index (κ2) is 9.32. The van der Waals surface area contributed by atoms with Gasteiger partial charge in [0.25, 0.3) is 0 Å². The lowest BCUT2D eigenvalue weighted by atomic mass is 10.2. The molecule has 3 N–H and O–H groups in total. The van der Waals surface area contributed by atoms with E-state index in [1.54, 1.807) is 0 Å². The molecule has 0 aromatic rings. The second-order valence-electron chi connectivity index (χ2n) is 2.50. The molecule has 0 unspecified atom stereocenters. The fourth-order valence-electron chi connectivity index (χ4n) is 0.862. The van der Waals surface area contributed by atoms with Gasteiger partial charge < -0.3 is 11.1 Å². The van der Waals surface area contributed by atoms with Gasteiger partial charge in [-0.1, -0.05) is 18.8 Å². The Morgan fingerprint density at radius 2 is 1.91 bits per heavy atom.